The van der Waals surface area contributed by atoms with E-state index in [1.54, 1.807) is 0 Å². The number of fused-ring (bicyclic) bond motifs is 3. The monoisotopic (exact) mass is 353 g/mol. The third kappa shape index (κ3) is 2.41. The minimum absolute atomic E-state index is 0.0803. The maximum atomic E-state index is 4.93. The van der Waals surface area contributed by atoms with Crippen LogP contribution in [0.15, 0.2) is 35.4 Å². The molecular formula is C21H27N3S. The zero-order valence-electron chi connectivity index (χ0n) is 15.2. The van der Waals surface area contributed by atoms with Crippen LogP contribution in [0.25, 0.3) is 10.1 Å². The van der Waals surface area contributed by atoms with E-state index in [0.29, 0.717) is 5.92 Å². The summed E-state index contributed by atoms with van der Waals surface area (Å²) in [7, 11) is 0. The van der Waals surface area contributed by atoms with Crippen molar-refractivity contribution in [3.05, 3.63) is 35.2 Å². The first kappa shape index (κ1) is 15.7. The highest BCUT2D eigenvalue weighted by molar-refractivity contribution is 7.20. The van der Waals surface area contributed by atoms with Gasteiger partial charge in [-0.15, -0.1) is 11.3 Å². The number of rotatable bonds is 3. The Morgan fingerprint density at radius 3 is 2.72 bits per heavy atom. The molecule has 1 spiro atoms. The second-order valence-corrected chi connectivity index (χ2v) is 9.63. The average molecular weight is 354 g/mol. The Kier molecular flexibility index (Phi) is 3.60. The van der Waals surface area contributed by atoms with Crippen LogP contribution in [0.5, 0.6) is 0 Å². The highest BCUT2D eigenvalue weighted by Crippen LogP contribution is 2.51. The van der Waals surface area contributed by atoms with Crippen molar-refractivity contribution in [2.24, 2.45) is 22.9 Å². The summed E-state index contributed by atoms with van der Waals surface area (Å²) in [5.74, 6) is 3.44. The van der Waals surface area contributed by atoms with E-state index in [9.17, 15) is 0 Å². The van der Waals surface area contributed by atoms with Crippen molar-refractivity contribution in [3.8, 4) is 0 Å². The molecule has 3 saturated carbocycles. The average Bonchev–Trinajstić information content (AvgIpc) is 3.18. The van der Waals surface area contributed by atoms with Crippen LogP contribution in [0.1, 0.15) is 50.8 Å². The van der Waals surface area contributed by atoms with E-state index in [1.807, 2.05) is 11.3 Å². The summed E-state index contributed by atoms with van der Waals surface area (Å²) in [6.07, 6.45) is 6.83. The molecule has 2 heterocycles. The number of nitrogens with zero attached hydrogens (tertiary/aromatic N) is 2. The van der Waals surface area contributed by atoms with E-state index in [1.165, 1.54) is 52.9 Å². The van der Waals surface area contributed by atoms with Gasteiger partial charge in [-0.05, 0) is 61.5 Å². The van der Waals surface area contributed by atoms with Crippen molar-refractivity contribution in [1.29, 1.82) is 0 Å². The first-order chi connectivity index (χ1) is 12.2. The van der Waals surface area contributed by atoms with Crippen LogP contribution in [0, 0.1) is 17.8 Å². The minimum Gasteiger partial charge on any atom is -0.329 e. The number of benzene rings is 1. The lowest BCUT2D eigenvalue weighted by Crippen LogP contribution is -2.64. The van der Waals surface area contributed by atoms with Crippen LogP contribution in [-0.2, 0) is 0 Å². The lowest BCUT2D eigenvalue weighted by atomic mass is 9.63. The topological polar surface area (TPSA) is 27.6 Å². The van der Waals surface area contributed by atoms with Gasteiger partial charge in [0, 0.05) is 17.2 Å². The number of nitrogens with one attached hydrogen (secondary N) is 1. The number of hydrazone groups is 1. The molecule has 1 atom stereocenters. The Labute approximate surface area is 154 Å². The van der Waals surface area contributed by atoms with Gasteiger partial charge < -0.3 is 4.90 Å². The summed E-state index contributed by atoms with van der Waals surface area (Å²) in [5.41, 5.74) is 3.75. The lowest BCUT2D eigenvalue weighted by Gasteiger charge is -2.54. The molecule has 0 unspecified atom stereocenters. The van der Waals surface area contributed by atoms with Gasteiger partial charge in [-0.2, -0.15) is 5.10 Å². The molecule has 3 aliphatic carbocycles. The van der Waals surface area contributed by atoms with Crippen LogP contribution in [0.2, 0.25) is 0 Å². The summed E-state index contributed by atoms with van der Waals surface area (Å²) in [4.78, 5) is 3.96. The standard InChI is InChI=1S/C21H27N3S/c1-14(2)13-24-20(19-11-16-5-3-4-6-18(16)25-19)22-23-21(24)12-15-7-9-17(21)10-8-15/h3-6,11,14-15,17,23H,7-10,12-13H2,1-2H3/t15?,17?,21-/m0/s1. The second kappa shape index (κ2) is 5.73. The van der Waals surface area contributed by atoms with Crippen LogP contribution in [0.3, 0.4) is 0 Å². The second-order valence-electron chi connectivity index (χ2n) is 8.55. The third-order valence-electron chi connectivity index (χ3n) is 6.41. The molecule has 0 amide bonds. The molecule has 4 aliphatic rings. The van der Waals surface area contributed by atoms with Gasteiger partial charge in [-0.1, -0.05) is 32.0 Å². The fourth-order valence-corrected chi connectivity index (χ4v) is 6.33. The first-order valence-electron chi connectivity index (χ1n) is 9.77. The predicted octanol–water partition coefficient (Wildman–Crippen LogP) is 5.03. The fraction of sp³-hybridized carbons (Fsp3) is 0.571. The summed E-state index contributed by atoms with van der Waals surface area (Å²) < 4.78 is 1.36. The molecule has 3 nitrogen and oxygen atoms in total. The Hall–Kier alpha value is -1.55. The Balaban J connectivity index is 1.55. The first-order valence-corrected chi connectivity index (χ1v) is 10.6. The molecule has 0 radical (unpaired) electrons. The van der Waals surface area contributed by atoms with Crippen LogP contribution in [-0.4, -0.2) is 22.9 Å². The summed E-state index contributed by atoms with van der Waals surface area (Å²) in [5, 5.41) is 6.27. The third-order valence-corrected chi connectivity index (χ3v) is 7.52. The molecule has 2 aromatic rings. The van der Waals surface area contributed by atoms with Crippen molar-refractivity contribution in [2.45, 2.75) is 51.6 Å². The normalized spacial score (nSPS) is 31.2. The van der Waals surface area contributed by atoms with Gasteiger partial charge >= 0.3 is 0 Å². The predicted molar refractivity (Wildman–Crippen MR) is 106 cm³/mol. The molecule has 2 bridgehead atoms. The van der Waals surface area contributed by atoms with E-state index in [0.717, 1.165) is 18.4 Å². The lowest BCUT2D eigenvalue weighted by molar-refractivity contribution is -0.0334. The van der Waals surface area contributed by atoms with Gasteiger partial charge in [-0.25, -0.2) is 0 Å². The van der Waals surface area contributed by atoms with E-state index >= 15 is 0 Å². The van der Waals surface area contributed by atoms with Gasteiger partial charge in [0.25, 0.3) is 0 Å². The molecular weight excluding hydrogens is 326 g/mol. The number of hydrogen-bond donors (Lipinski definition) is 1. The summed E-state index contributed by atoms with van der Waals surface area (Å²) in [6, 6.07) is 11.0. The quantitative estimate of drug-likeness (QED) is 0.838. The molecule has 1 aromatic carbocycles. The van der Waals surface area contributed by atoms with Crippen molar-refractivity contribution < 1.29 is 0 Å². The van der Waals surface area contributed by atoms with Crippen molar-refractivity contribution >= 4 is 27.3 Å². The van der Waals surface area contributed by atoms with E-state index in [-0.39, 0.29) is 5.66 Å². The molecule has 132 valence electrons. The molecule has 1 aliphatic heterocycles. The molecule has 25 heavy (non-hydrogen) atoms. The maximum absolute atomic E-state index is 4.93. The highest BCUT2D eigenvalue weighted by atomic mass is 32.1. The van der Waals surface area contributed by atoms with Gasteiger partial charge in [0.2, 0.25) is 0 Å². The molecule has 1 aromatic heterocycles. The fourth-order valence-electron chi connectivity index (χ4n) is 5.27. The molecule has 0 saturated heterocycles. The van der Waals surface area contributed by atoms with Gasteiger partial charge in [0.15, 0.2) is 5.84 Å². The van der Waals surface area contributed by atoms with Gasteiger partial charge in [0.05, 0.1) is 4.88 Å². The molecule has 1 N–H and O–H groups in total. The van der Waals surface area contributed by atoms with Crippen LogP contribution >= 0.6 is 11.3 Å². The SMILES string of the molecule is CC(C)CN1C(c2cc3ccccc3s2)=NN[C@@]12CC1CCC2CC1. The van der Waals surface area contributed by atoms with Crippen LogP contribution < -0.4 is 5.43 Å². The smallest absolute Gasteiger partial charge is 0.167 e. The Morgan fingerprint density at radius 2 is 2.04 bits per heavy atom. The van der Waals surface area contributed by atoms with Crippen molar-refractivity contribution in [1.82, 2.24) is 10.3 Å². The zero-order valence-corrected chi connectivity index (χ0v) is 16.0. The number of thiophene rings is 1. The van der Waals surface area contributed by atoms with E-state index in [4.69, 9.17) is 5.10 Å². The number of hydrogen-bond acceptors (Lipinski definition) is 4. The zero-order chi connectivity index (χ0) is 17.0. The molecule has 3 fully saturated rings. The van der Waals surface area contributed by atoms with E-state index in [2.05, 4.69) is 54.5 Å². The summed E-state index contributed by atoms with van der Waals surface area (Å²) in [6.45, 7) is 5.74. The van der Waals surface area contributed by atoms with Crippen molar-refractivity contribution in [2.75, 3.05) is 6.54 Å². The van der Waals surface area contributed by atoms with Crippen molar-refractivity contribution in [3.63, 3.8) is 0 Å². The van der Waals surface area contributed by atoms with E-state index < -0.39 is 0 Å². The van der Waals surface area contributed by atoms with Gasteiger partial charge in [0.1, 0.15) is 5.66 Å². The molecule has 6 rings (SSSR count). The van der Waals surface area contributed by atoms with Crippen LogP contribution in [0.4, 0.5) is 0 Å². The Morgan fingerprint density at radius 1 is 1.24 bits per heavy atom. The summed E-state index contributed by atoms with van der Waals surface area (Å²) >= 11 is 1.88. The van der Waals surface area contributed by atoms with Gasteiger partial charge in [-0.3, -0.25) is 5.43 Å². The Bertz CT molecular complexity index is 782. The largest absolute Gasteiger partial charge is 0.329 e. The molecule has 4 heteroatoms. The number of amidine groups is 1. The maximum Gasteiger partial charge on any atom is 0.167 e. The highest BCUT2D eigenvalue weighted by Gasteiger charge is 2.54. The minimum atomic E-state index is 0.0803.